The largest absolute Gasteiger partial charge is 0.0844 e. The van der Waals surface area contributed by atoms with Gasteiger partial charge in [0.1, 0.15) is 0 Å². The fourth-order valence-corrected chi connectivity index (χ4v) is 0. The zero-order valence-corrected chi connectivity index (χ0v) is 5.28. The van der Waals surface area contributed by atoms with Crippen LogP contribution in [0.25, 0.3) is 0 Å². The van der Waals surface area contributed by atoms with Gasteiger partial charge in [0.05, 0.1) is 0 Å². The average Bonchev–Trinajstić information content (AvgIpc) is 2.47. The molecule has 0 saturated carbocycles. The maximum absolute atomic E-state index is 2.18. The third-order valence-electron chi connectivity index (χ3n) is 0.736. The van der Waals surface area contributed by atoms with Gasteiger partial charge < -0.3 is 0 Å². The van der Waals surface area contributed by atoms with Crippen molar-refractivity contribution in [2.45, 2.75) is 33.1 Å². The molecule has 0 nitrogen and oxygen atoms in total. The van der Waals surface area contributed by atoms with Crippen molar-refractivity contribution in [1.82, 2.24) is 0 Å². The van der Waals surface area contributed by atoms with Gasteiger partial charge in [0.2, 0.25) is 0 Å². The van der Waals surface area contributed by atoms with Gasteiger partial charge in [0.25, 0.3) is 0 Å². The van der Waals surface area contributed by atoms with E-state index in [1.807, 2.05) is 0 Å². The van der Waals surface area contributed by atoms with E-state index in [1.165, 1.54) is 19.3 Å². The molecule has 0 fully saturated rings. The van der Waals surface area contributed by atoms with Gasteiger partial charge in [0, 0.05) is 0 Å². The zero-order chi connectivity index (χ0) is 5.54. The van der Waals surface area contributed by atoms with E-state index < -0.39 is 0 Å². The molecular formula is C7H14. The SMILES string of the molecule is C1=CC1.CCCC. The molecule has 1 rings (SSSR count). The molecule has 0 amide bonds. The van der Waals surface area contributed by atoms with Crippen molar-refractivity contribution in [3.05, 3.63) is 12.2 Å². The molecule has 0 N–H and O–H groups in total. The van der Waals surface area contributed by atoms with Crippen molar-refractivity contribution in [2.75, 3.05) is 0 Å². The molecule has 0 saturated heterocycles. The Morgan fingerprint density at radius 3 is 1.43 bits per heavy atom. The van der Waals surface area contributed by atoms with E-state index >= 15 is 0 Å². The monoisotopic (exact) mass is 98.1 g/mol. The number of allylic oxidation sites excluding steroid dienone is 2. The van der Waals surface area contributed by atoms with E-state index in [4.69, 9.17) is 0 Å². The number of hydrogen-bond donors (Lipinski definition) is 0. The van der Waals surface area contributed by atoms with Crippen LogP contribution in [0.4, 0.5) is 0 Å². The summed E-state index contributed by atoms with van der Waals surface area (Å²) in [6.45, 7) is 4.36. The highest BCUT2D eigenvalue weighted by molar-refractivity contribution is 5.02. The molecular weight excluding hydrogens is 84.1 g/mol. The molecule has 0 aliphatic heterocycles. The average molecular weight is 98.2 g/mol. The van der Waals surface area contributed by atoms with Gasteiger partial charge in [-0.1, -0.05) is 38.8 Å². The fourth-order valence-electron chi connectivity index (χ4n) is 0. The predicted molar refractivity (Wildman–Crippen MR) is 34.3 cm³/mol. The molecule has 0 radical (unpaired) electrons. The Bertz CT molecular complexity index is 38.0. The molecule has 42 valence electrons. The van der Waals surface area contributed by atoms with Gasteiger partial charge in [-0.05, 0) is 6.42 Å². The van der Waals surface area contributed by atoms with E-state index in [0.717, 1.165) is 0 Å². The van der Waals surface area contributed by atoms with Crippen molar-refractivity contribution in [3.63, 3.8) is 0 Å². The third-order valence-corrected chi connectivity index (χ3v) is 0.736. The van der Waals surface area contributed by atoms with Crippen molar-refractivity contribution >= 4 is 0 Å². The van der Waals surface area contributed by atoms with Gasteiger partial charge in [-0.25, -0.2) is 0 Å². The minimum absolute atomic E-state index is 1.25. The first-order valence-corrected chi connectivity index (χ1v) is 3.06. The second-order valence-electron chi connectivity index (χ2n) is 1.71. The summed E-state index contributed by atoms with van der Waals surface area (Å²) in [6.07, 6.45) is 8.14. The van der Waals surface area contributed by atoms with E-state index in [9.17, 15) is 0 Å². The lowest BCUT2D eigenvalue weighted by molar-refractivity contribution is 0.886. The highest BCUT2D eigenvalue weighted by atomic mass is 13.8. The summed E-state index contributed by atoms with van der Waals surface area (Å²) < 4.78 is 0. The van der Waals surface area contributed by atoms with Crippen molar-refractivity contribution in [1.29, 1.82) is 0 Å². The predicted octanol–water partition coefficient (Wildman–Crippen LogP) is 2.75. The number of rotatable bonds is 1. The third kappa shape index (κ3) is 26.5. The van der Waals surface area contributed by atoms with Crippen LogP contribution in [0.1, 0.15) is 33.1 Å². The van der Waals surface area contributed by atoms with Crippen molar-refractivity contribution in [3.8, 4) is 0 Å². The first kappa shape index (κ1) is 6.74. The second kappa shape index (κ2) is 5.74. The topological polar surface area (TPSA) is 0 Å². The van der Waals surface area contributed by atoms with Crippen LogP contribution in [0.5, 0.6) is 0 Å². The summed E-state index contributed by atoms with van der Waals surface area (Å²) in [5.74, 6) is 0. The zero-order valence-electron chi connectivity index (χ0n) is 5.28. The Kier molecular flexibility index (Phi) is 5.53. The smallest absolute Gasteiger partial charge is 0.0169 e. The van der Waals surface area contributed by atoms with E-state index in [0.29, 0.717) is 0 Å². The molecule has 0 unspecified atom stereocenters. The minimum Gasteiger partial charge on any atom is -0.0844 e. The summed E-state index contributed by atoms with van der Waals surface area (Å²) in [7, 11) is 0. The Morgan fingerprint density at radius 2 is 1.43 bits per heavy atom. The highest BCUT2D eigenvalue weighted by Crippen LogP contribution is 1.96. The van der Waals surface area contributed by atoms with Crippen LogP contribution in [0.2, 0.25) is 0 Å². The molecule has 0 aromatic rings. The molecule has 0 atom stereocenters. The Morgan fingerprint density at radius 1 is 1.14 bits per heavy atom. The van der Waals surface area contributed by atoms with Gasteiger partial charge in [0.15, 0.2) is 0 Å². The summed E-state index contributed by atoms with van der Waals surface area (Å²) in [4.78, 5) is 0. The quantitative estimate of drug-likeness (QED) is 0.442. The first-order valence-electron chi connectivity index (χ1n) is 3.06. The summed E-state index contributed by atoms with van der Waals surface area (Å²) in [5.41, 5.74) is 0. The highest BCUT2D eigenvalue weighted by Gasteiger charge is 1.75. The maximum atomic E-state index is 2.18. The molecule has 1 aliphatic rings. The Hall–Kier alpha value is -0.260. The van der Waals surface area contributed by atoms with Gasteiger partial charge in [-0.2, -0.15) is 0 Å². The van der Waals surface area contributed by atoms with Crippen LogP contribution in [-0.4, -0.2) is 0 Å². The molecule has 0 aromatic heterocycles. The standard InChI is InChI=1S/C4H10.C3H4/c1-3-4-2;1-2-3-1/h3-4H2,1-2H3;1-2H,3H2. The van der Waals surface area contributed by atoms with E-state index in [1.54, 1.807) is 0 Å². The van der Waals surface area contributed by atoms with E-state index in [-0.39, 0.29) is 0 Å². The van der Waals surface area contributed by atoms with Gasteiger partial charge >= 0.3 is 0 Å². The Labute approximate surface area is 46.2 Å². The second-order valence-corrected chi connectivity index (χ2v) is 1.71. The fraction of sp³-hybridized carbons (Fsp3) is 0.714. The molecule has 0 spiro atoms. The summed E-state index contributed by atoms with van der Waals surface area (Å²) >= 11 is 0. The molecule has 0 bridgehead atoms. The van der Waals surface area contributed by atoms with Crippen LogP contribution < -0.4 is 0 Å². The molecule has 0 aromatic carbocycles. The molecule has 0 heteroatoms. The van der Waals surface area contributed by atoms with Gasteiger partial charge in [-0.3, -0.25) is 0 Å². The normalized spacial score (nSPS) is 12.3. The first-order chi connectivity index (χ1) is 3.41. The molecule has 0 heterocycles. The lowest BCUT2D eigenvalue weighted by Crippen LogP contribution is -1.47. The number of hydrogen-bond acceptors (Lipinski definition) is 0. The van der Waals surface area contributed by atoms with Crippen LogP contribution in [-0.2, 0) is 0 Å². The maximum Gasteiger partial charge on any atom is -0.0169 e. The van der Waals surface area contributed by atoms with Crippen molar-refractivity contribution in [2.24, 2.45) is 0 Å². The number of unbranched alkanes of at least 4 members (excludes halogenated alkanes) is 1. The Balaban J connectivity index is 0.000000105. The molecule has 7 heavy (non-hydrogen) atoms. The van der Waals surface area contributed by atoms with Crippen LogP contribution >= 0.6 is 0 Å². The summed E-state index contributed by atoms with van der Waals surface area (Å²) in [6, 6.07) is 0. The van der Waals surface area contributed by atoms with Crippen LogP contribution in [0, 0.1) is 0 Å². The minimum atomic E-state index is 1.25. The van der Waals surface area contributed by atoms with Gasteiger partial charge in [-0.15, -0.1) is 0 Å². The lowest BCUT2D eigenvalue weighted by Gasteiger charge is -1.68. The lowest BCUT2D eigenvalue weighted by atomic mass is 10.4. The van der Waals surface area contributed by atoms with Crippen molar-refractivity contribution < 1.29 is 0 Å². The van der Waals surface area contributed by atoms with Crippen LogP contribution in [0.15, 0.2) is 12.2 Å². The summed E-state index contributed by atoms with van der Waals surface area (Å²) in [5, 5.41) is 0. The van der Waals surface area contributed by atoms with E-state index in [2.05, 4.69) is 26.0 Å². The molecule has 1 aliphatic carbocycles. The van der Waals surface area contributed by atoms with Crippen LogP contribution in [0.3, 0.4) is 0 Å².